The number of hydrogen-bond acceptors (Lipinski definition) is 1. The molecule has 29 heavy (non-hydrogen) atoms. The third-order valence-electron chi connectivity index (χ3n) is 8.68. The summed E-state index contributed by atoms with van der Waals surface area (Å²) in [6.45, 7) is 5.33. The van der Waals surface area contributed by atoms with E-state index in [0.717, 1.165) is 18.9 Å². The van der Waals surface area contributed by atoms with Gasteiger partial charge in [-0.2, -0.15) is 0 Å². The van der Waals surface area contributed by atoms with E-state index in [-0.39, 0.29) is 0 Å². The van der Waals surface area contributed by atoms with Crippen LogP contribution in [-0.2, 0) is 10.2 Å². The van der Waals surface area contributed by atoms with Gasteiger partial charge in [-0.1, -0.05) is 56.7 Å². The molecule has 0 radical (unpaired) electrons. The second-order valence-corrected chi connectivity index (χ2v) is 10.3. The Morgan fingerprint density at radius 2 is 1.52 bits per heavy atom. The highest BCUT2D eigenvalue weighted by Crippen LogP contribution is 2.59. The lowest BCUT2D eigenvalue weighted by atomic mass is 9.51. The fourth-order valence-corrected chi connectivity index (χ4v) is 6.70. The van der Waals surface area contributed by atoms with Crippen LogP contribution in [0.3, 0.4) is 0 Å². The molecular formula is C28H42O. The number of ether oxygens (including phenoxy) is 1. The minimum Gasteiger partial charge on any atom is -0.374 e. The summed E-state index contributed by atoms with van der Waals surface area (Å²) in [5.41, 5.74) is 4.43. The molecule has 0 unspecified atom stereocenters. The Labute approximate surface area is 179 Å². The molecule has 0 saturated heterocycles. The second-order valence-electron chi connectivity index (χ2n) is 10.3. The van der Waals surface area contributed by atoms with Crippen molar-refractivity contribution < 1.29 is 4.74 Å². The summed E-state index contributed by atoms with van der Waals surface area (Å²) >= 11 is 0. The average Bonchev–Trinajstić information content (AvgIpc) is 2.79. The first-order valence-corrected chi connectivity index (χ1v) is 12.6. The van der Waals surface area contributed by atoms with E-state index in [1.54, 1.807) is 11.1 Å². The van der Waals surface area contributed by atoms with Crippen LogP contribution in [0.2, 0.25) is 0 Å². The minimum absolute atomic E-state index is 0.471. The molecule has 5 rings (SSSR count). The van der Waals surface area contributed by atoms with Crippen molar-refractivity contribution in [2.24, 2.45) is 5.41 Å². The van der Waals surface area contributed by atoms with E-state index in [2.05, 4.69) is 50.3 Å². The molecule has 1 nitrogen and oxygen atoms in total. The van der Waals surface area contributed by atoms with Crippen LogP contribution in [0.1, 0.15) is 114 Å². The zero-order valence-electron chi connectivity index (χ0n) is 18.9. The van der Waals surface area contributed by atoms with Crippen molar-refractivity contribution in [3.8, 4) is 0 Å². The summed E-state index contributed by atoms with van der Waals surface area (Å²) in [5.74, 6) is 0.738. The van der Waals surface area contributed by atoms with E-state index in [1.807, 2.05) is 0 Å². The van der Waals surface area contributed by atoms with E-state index in [1.165, 1.54) is 77.0 Å². The maximum atomic E-state index is 6.04. The second kappa shape index (κ2) is 9.38. The molecule has 0 amide bonds. The van der Waals surface area contributed by atoms with Crippen LogP contribution >= 0.6 is 0 Å². The van der Waals surface area contributed by atoms with E-state index >= 15 is 0 Å². The fraction of sp³-hybridized carbons (Fsp3) is 0.714. The Morgan fingerprint density at radius 1 is 0.862 bits per heavy atom. The first-order valence-electron chi connectivity index (χ1n) is 12.6. The predicted molar refractivity (Wildman–Crippen MR) is 124 cm³/mol. The highest BCUT2D eigenvalue weighted by atomic mass is 16.5. The molecule has 0 spiro atoms. The molecule has 0 atom stereocenters. The molecule has 160 valence electrons. The number of allylic oxidation sites excluding steroid dienone is 1. The maximum absolute atomic E-state index is 6.04. The summed E-state index contributed by atoms with van der Waals surface area (Å²) in [6.07, 6.45) is 22.5. The highest BCUT2D eigenvalue weighted by Gasteiger charge is 2.48. The van der Waals surface area contributed by atoms with Crippen LogP contribution in [0, 0.1) is 5.41 Å². The standard InChI is InChI=1S/C28H42O/c1-3-5-6-22-29-26-13-9-24(10-14-26)23-7-11-25(12-8-23)28-19-16-27(15-4-2,17-20-28)18-21-28/h5-8,11-12,24,26H,3-4,9-10,13-22H2,1-2H3/b6-5+/t24-,26-,27?,28?. The Hall–Kier alpha value is -1.08. The van der Waals surface area contributed by atoms with Gasteiger partial charge in [0.25, 0.3) is 0 Å². The molecule has 4 aliphatic carbocycles. The lowest BCUT2D eigenvalue weighted by Crippen LogP contribution is -2.44. The molecule has 0 aromatic heterocycles. The molecule has 0 N–H and O–H groups in total. The molecule has 1 aromatic rings. The Morgan fingerprint density at radius 3 is 2.10 bits per heavy atom. The van der Waals surface area contributed by atoms with Crippen LogP contribution in [0.4, 0.5) is 0 Å². The van der Waals surface area contributed by atoms with Crippen molar-refractivity contribution in [1.82, 2.24) is 0 Å². The third kappa shape index (κ3) is 4.66. The van der Waals surface area contributed by atoms with Crippen LogP contribution in [0.25, 0.3) is 0 Å². The summed E-state index contributed by atoms with van der Waals surface area (Å²) < 4.78 is 6.04. The predicted octanol–water partition coefficient (Wildman–Crippen LogP) is 8.09. The van der Waals surface area contributed by atoms with Crippen molar-refractivity contribution >= 4 is 0 Å². The van der Waals surface area contributed by atoms with Crippen LogP contribution in [-0.4, -0.2) is 12.7 Å². The van der Waals surface area contributed by atoms with Gasteiger partial charge in [-0.15, -0.1) is 0 Å². The molecular weight excluding hydrogens is 352 g/mol. The Bertz CT molecular complexity index is 638. The van der Waals surface area contributed by atoms with Gasteiger partial charge in [0.1, 0.15) is 0 Å². The van der Waals surface area contributed by atoms with Crippen molar-refractivity contribution in [2.45, 2.75) is 115 Å². The van der Waals surface area contributed by atoms with Crippen LogP contribution in [0.15, 0.2) is 36.4 Å². The quantitative estimate of drug-likeness (QED) is 0.405. The van der Waals surface area contributed by atoms with Gasteiger partial charge in [0.15, 0.2) is 0 Å². The molecule has 4 saturated carbocycles. The molecule has 0 aliphatic heterocycles. The van der Waals surface area contributed by atoms with Gasteiger partial charge < -0.3 is 4.74 Å². The number of benzene rings is 1. The summed E-state index contributed by atoms with van der Waals surface area (Å²) in [6, 6.07) is 9.96. The summed E-state index contributed by atoms with van der Waals surface area (Å²) in [4.78, 5) is 0. The maximum Gasteiger partial charge on any atom is 0.0651 e. The SMILES string of the molecule is CC/C=C/CO[C@H]1CC[C@H](c2ccc(C34CCC(CCC)(CC3)CC4)cc2)CC1. The van der Waals surface area contributed by atoms with E-state index in [0.29, 0.717) is 16.9 Å². The van der Waals surface area contributed by atoms with Gasteiger partial charge >= 0.3 is 0 Å². The van der Waals surface area contributed by atoms with Gasteiger partial charge in [0.05, 0.1) is 12.7 Å². The molecule has 4 aliphatic rings. The van der Waals surface area contributed by atoms with Crippen molar-refractivity contribution in [3.05, 3.63) is 47.5 Å². The first kappa shape index (κ1) is 21.2. The number of fused-ring (bicyclic) bond motifs is 3. The third-order valence-corrected chi connectivity index (χ3v) is 8.68. The average molecular weight is 395 g/mol. The van der Waals surface area contributed by atoms with Gasteiger partial charge in [-0.3, -0.25) is 0 Å². The molecule has 2 bridgehead atoms. The number of rotatable bonds is 8. The highest BCUT2D eigenvalue weighted by molar-refractivity contribution is 5.33. The fourth-order valence-electron chi connectivity index (χ4n) is 6.70. The zero-order chi connectivity index (χ0) is 20.2. The van der Waals surface area contributed by atoms with E-state index in [9.17, 15) is 0 Å². The molecule has 1 aromatic carbocycles. The van der Waals surface area contributed by atoms with Crippen molar-refractivity contribution in [3.63, 3.8) is 0 Å². The summed E-state index contributed by atoms with van der Waals surface area (Å²) in [5, 5.41) is 0. The normalized spacial score (nSPS) is 34.7. The van der Waals surface area contributed by atoms with Gasteiger partial charge in [-0.05, 0) is 105 Å². The minimum atomic E-state index is 0.471. The molecule has 1 heteroatoms. The van der Waals surface area contributed by atoms with Gasteiger partial charge in [0, 0.05) is 0 Å². The Kier molecular flexibility index (Phi) is 6.84. The van der Waals surface area contributed by atoms with E-state index < -0.39 is 0 Å². The molecule has 0 heterocycles. The van der Waals surface area contributed by atoms with Gasteiger partial charge in [0.2, 0.25) is 0 Å². The van der Waals surface area contributed by atoms with Gasteiger partial charge in [-0.25, -0.2) is 0 Å². The smallest absolute Gasteiger partial charge is 0.0651 e. The lowest BCUT2D eigenvalue weighted by molar-refractivity contribution is 0.0320. The monoisotopic (exact) mass is 394 g/mol. The molecule has 4 fully saturated rings. The first-order chi connectivity index (χ1) is 14.2. The summed E-state index contributed by atoms with van der Waals surface area (Å²) in [7, 11) is 0. The van der Waals surface area contributed by atoms with Crippen LogP contribution in [0.5, 0.6) is 0 Å². The topological polar surface area (TPSA) is 9.23 Å². The lowest BCUT2D eigenvalue weighted by Gasteiger charge is -2.54. The Balaban J connectivity index is 1.31. The largest absolute Gasteiger partial charge is 0.374 e. The van der Waals surface area contributed by atoms with Crippen LogP contribution < -0.4 is 0 Å². The van der Waals surface area contributed by atoms with Crippen molar-refractivity contribution in [1.29, 1.82) is 0 Å². The zero-order valence-corrected chi connectivity index (χ0v) is 18.9. The van der Waals surface area contributed by atoms with Crippen molar-refractivity contribution in [2.75, 3.05) is 6.61 Å². The number of hydrogen-bond donors (Lipinski definition) is 0. The van der Waals surface area contributed by atoms with E-state index in [4.69, 9.17) is 4.74 Å².